The number of hydrogen-bond donors (Lipinski definition) is 4. The Labute approximate surface area is 368 Å². The highest BCUT2D eigenvalue weighted by atomic mass is 16.7. The van der Waals surface area contributed by atoms with Gasteiger partial charge in [-0.15, -0.1) is 0 Å². The maximum atomic E-state index is 12.8. The van der Waals surface area contributed by atoms with E-state index < -0.39 is 55.4 Å². The quantitative estimate of drug-likeness (QED) is 0.0272. The lowest BCUT2D eigenvalue weighted by Gasteiger charge is -2.39. The maximum absolute atomic E-state index is 12.8. The first-order valence-corrected chi connectivity index (χ1v) is 23.0. The zero-order valence-electron chi connectivity index (χ0n) is 37.4. The minimum absolute atomic E-state index is 0.141. The summed E-state index contributed by atoms with van der Waals surface area (Å²) in [4.78, 5) is 25.3. The van der Waals surface area contributed by atoms with E-state index in [1.807, 2.05) is 6.08 Å². The number of ether oxygens (including phenoxy) is 4. The first-order chi connectivity index (χ1) is 29.8. The fourth-order valence-electron chi connectivity index (χ4n) is 6.10. The van der Waals surface area contributed by atoms with Crippen LogP contribution in [0.4, 0.5) is 0 Å². The highest BCUT2D eigenvalue weighted by molar-refractivity contribution is 5.70. The summed E-state index contributed by atoms with van der Waals surface area (Å²) in [5.74, 6) is -0.903. The van der Waals surface area contributed by atoms with E-state index in [2.05, 4.69) is 117 Å². The molecule has 1 rings (SSSR count). The fourth-order valence-corrected chi connectivity index (χ4v) is 6.10. The van der Waals surface area contributed by atoms with Crippen LogP contribution in [0.15, 0.2) is 109 Å². The van der Waals surface area contributed by atoms with Crippen LogP contribution in [0, 0.1) is 0 Å². The van der Waals surface area contributed by atoms with Crippen molar-refractivity contribution in [3.8, 4) is 0 Å². The van der Waals surface area contributed by atoms with E-state index in [9.17, 15) is 30.0 Å². The molecule has 10 heteroatoms. The number of hydrogen-bond acceptors (Lipinski definition) is 10. The number of aliphatic hydroxyl groups excluding tert-OH is 4. The molecule has 0 aliphatic carbocycles. The number of allylic oxidation sites excluding steroid dienone is 18. The minimum Gasteiger partial charge on any atom is -0.462 e. The topological polar surface area (TPSA) is 152 Å². The Morgan fingerprint density at radius 3 is 1.43 bits per heavy atom. The van der Waals surface area contributed by atoms with E-state index in [0.717, 1.165) is 96.3 Å². The zero-order valence-corrected chi connectivity index (χ0v) is 37.4. The molecular formula is C51H80O10. The van der Waals surface area contributed by atoms with Gasteiger partial charge >= 0.3 is 11.9 Å². The number of carbonyl (C=O) groups excluding carboxylic acids is 2. The summed E-state index contributed by atoms with van der Waals surface area (Å²) in [5, 5.41) is 40.1. The zero-order chi connectivity index (χ0) is 44.4. The Morgan fingerprint density at radius 2 is 0.934 bits per heavy atom. The second kappa shape index (κ2) is 40.4. The molecular weight excluding hydrogens is 773 g/mol. The molecule has 10 nitrogen and oxygen atoms in total. The fraction of sp³-hybridized carbons (Fsp3) is 0.608. The van der Waals surface area contributed by atoms with Gasteiger partial charge in [0.15, 0.2) is 12.4 Å². The number of rotatable bonds is 36. The van der Waals surface area contributed by atoms with E-state index in [4.69, 9.17) is 18.9 Å². The van der Waals surface area contributed by atoms with Crippen molar-refractivity contribution >= 4 is 11.9 Å². The highest BCUT2D eigenvalue weighted by Crippen LogP contribution is 2.22. The Bertz CT molecular complexity index is 1350. The molecule has 1 aliphatic rings. The number of unbranched alkanes of at least 4 members (excludes halogenated alkanes) is 7. The molecule has 344 valence electrons. The monoisotopic (exact) mass is 853 g/mol. The Hall–Kier alpha value is -3.64. The van der Waals surface area contributed by atoms with Crippen molar-refractivity contribution in [3.63, 3.8) is 0 Å². The summed E-state index contributed by atoms with van der Waals surface area (Å²) < 4.78 is 22.1. The van der Waals surface area contributed by atoms with Gasteiger partial charge in [0.25, 0.3) is 0 Å². The summed E-state index contributed by atoms with van der Waals surface area (Å²) >= 11 is 0. The smallest absolute Gasteiger partial charge is 0.306 e. The lowest BCUT2D eigenvalue weighted by atomic mass is 9.99. The molecule has 0 aromatic carbocycles. The molecule has 0 aromatic rings. The maximum Gasteiger partial charge on any atom is 0.306 e. The van der Waals surface area contributed by atoms with E-state index in [0.29, 0.717) is 19.3 Å². The summed E-state index contributed by atoms with van der Waals surface area (Å²) in [5.41, 5.74) is 0. The summed E-state index contributed by atoms with van der Waals surface area (Å²) in [6.07, 6.45) is 48.1. The van der Waals surface area contributed by atoms with E-state index in [-0.39, 0.29) is 26.1 Å². The molecule has 1 saturated heterocycles. The Morgan fingerprint density at radius 1 is 0.508 bits per heavy atom. The minimum atomic E-state index is -1.61. The number of aliphatic hydroxyl groups is 4. The van der Waals surface area contributed by atoms with Crippen LogP contribution in [-0.2, 0) is 28.5 Å². The van der Waals surface area contributed by atoms with Crippen LogP contribution in [0.2, 0.25) is 0 Å². The highest BCUT2D eigenvalue weighted by Gasteiger charge is 2.44. The average Bonchev–Trinajstić information content (AvgIpc) is 3.26. The third-order valence-electron chi connectivity index (χ3n) is 9.65. The summed E-state index contributed by atoms with van der Waals surface area (Å²) in [6.45, 7) is 3.10. The molecule has 0 amide bonds. The van der Waals surface area contributed by atoms with Crippen LogP contribution >= 0.6 is 0 Å². The first-order valence-electron chi connectivity index (χ1n) is 23.0. The molecule has 1 fully saturated rings. The van der Waals surface area contributed by atoms with Gasteiger partial charge in [0.1, 0.15) is 31.0 Å². The molecule has 1 aliphatic heterocycles. The third kappa shape index (κ3) is 31.8. The van der Waals surface area contributed by atoms with Crippen molar-refractivity contribution in [1.82, 2.24) is 0 Å². The van der Waals surface area contributed by atoms with Crippen molar-refractivity contribution in [2.24, 2.45) is 0 Å². The van der Waals surface area contributed by atoms with E-state index in [1.165, 1.54) is 0 Å². The molecule has 0 spiro atoms. The van der Waals surface area contributed by atoms with Gasteiger partial charge in [0.2, 0.25) is 0 Å². The summed E-state index contributed by atoms with van der Waals surface area (Å²) in [6, 6.07) is 0. The molecule has 6 unspecified atom stereocenters. The molecule has 0 saturated carbocycles. The van der Waals surface area contributed by atoms with Gasteiger partial charge in [0, 0.05) is 12.8 Å². The standard InChI is InChI=1S/C51H80O10/c1-3-5-7-9-11-13-15-17-19-21-22-24-25-27-29-31-33-35-37-39-46(53)58-42-44(43-59-51-50(57)49(56)48(55)45(41-52)61-51)60-47(54)40-38-36-34-32-30-28-26-23-20-18-16-14-12-10-8-6-4-2/h5-8,11-14,17-20,22,24,26,28,32,34,44-45,48-52,55-57H,3-4,9-10,15-16,21,23,25,27,29-31,33,35-43H2,1-2H3/b7-5-,8-6-,13-11-,14-12-,19-17-,20-18-,24-22-,28-26-,34-32-. The number of esters is 2. The SMILES string of the molecule is CC/C=C\C/C=C\C/C=C\C/C=C\C/C=C\CCCC(=O)OC(COC(=O)CCCCCCCC/C=C\C/C=C\C/C=C\C/C=C\CC)COC1OC(CO)C(O)C(O)C1O. The Kier molecular flexibility index (Phi) is 36.7. The van der Waals surface area contributed by atoms with Crippen LogP contribution in [0.25, 0.3) is 0 Å². The molecule has 61 heavy (non-hydrogen) atoms. The van der Waals surface area contributed by atoms with Crippen LogP contribution in [0.5, 0.6) is 0 Å². The van der Waals surface area contributed by atoms with Crippen molar-refractivity contribution in [3.05, 3.63) is 109 Å². The molecule has 0 aromatic heterocycles. The second-order valence-corrected chi connectivity index (χ2v) is 15.1. The molecule has 0 bridgehead atoms. The first kappa shape index (κ1) is 55.4. The lowest BCUT2D eigenvalue weighted by Crippen LogP contribution is -2.59. The second-order valence-electron chi connectivity index (χ2n) is 15.1. The van der Waals surface area contributed by atoms with Crippen LogP contribution in [0.1, 0.15) is 142 Å². The van der Waals surface area contributed by atoms with Crippen molar-refractivity contribution < 1.29 is 49.0 Å². The van der Waals surface area contributed by atoms with Gasteiger partial charge in [-0.05, 0) is 89.9 Å². The van der Waals surface area contributed by atoms with Crippen molar-refractivity contribution in [1.29, 1.82) is 0 Å². The van der Waals surface area contributed by atoms with Gasteiger partial charge in [-0.2, -0.15) is 0 Å². The normalized spacial score (nSPS) is 20.8. The van der Waals surface area contributed by atoms with Crippen molar-refractivity contribution in [2.75, 3.05) is 19.8 Å². The molecule has 4 N–H and O–H groups in total. The predicted molar refractivity (Wildman–Crippen MR) is 247 cm³/mol. The predicted octanol–water partition coefficient (Wildman–Crippen LogP) is 10.1. The molecule has 0 radical (unpaired) electrons. The van der Waals surface area contributed by atoms with Gasteiger partial charge in [-0.25, -0.2) is 0 Å². The third-order valence-corrected chi connectivity index (χ3v) is 9.65. The molecule has 6 atom stereocenters. The van der Waals surface area contributed by atoms with Crippen molar-refractivity contribution in [2.45, 2.75) is 179 Å². The van der Waals surface area contributed by atoms with Crippen LogP contribution in [0.3, 0.4) is 0 Å². The van der Waals surface area contributed by atoms with Gasteiger partial charge < -0.3 is 39.4 Å². The van der Waals surface area contributed by atoms with Crippen LogP contribution in [-0.4, -0.2) is 89.0 Å². The van der Waals surface area contributed by atoms with E-state index >= 15 is 0 Å². The van der Waals surface area contributed by atoms with Gasteiger partial charge in [-0.3, -0.25) is 9.59 Å². The van der Waals surface area contributed by atoms with E-state index in [1.54, 1.807) is 0 Å². The summed E-state index contributed by atoms with van der Waals surface area (Å²) in [7, 11) is 0. The number of carbonyl (C=O) groups is 2. The average molecular weight is 853 g/mol. The largest absolute Gasteiger partial charge is 0.462 e. The van der Waals surface area contributed by atoms with Gasteiger partial charge in [-0.1, -0.05) is 149 Å². The van der Waals surface area contributed by atoms with Gasteiger partial charge in [0.05, 0.1) is 13.2 Å². The van der Waals surface area contributed by atoms with Crippen LogP contribution < -0.4 is 0 Å². The Balaban J connectivity index is 2.38. The molecule has 1 heterocycles. The lowest BCUT2D eigenvalue weighted by molar-refractivity contribution is -0.305.